The number of anilines is 1. The second-order valence-corrected chi connectivity index (χ2v) is 10.5. The molecule has 5 nitrogen and oxygen atoms in total. The number of carbonyl (C=O) groups excluding carboxylic acids is 1. The summed E-state index contributed by atoms with van der Waals surface area (Å²) >= 11 is 1.68. The smallest absolute Gasteiger partial charge is 0.262 e. The SMILES string of the molecule is COc1ccc(OCC(=O)Nc2ccc(-c3nc(-c4ccccc4)sc3C)cc2)c(C(C)(C)C)c1. The maximum Gasteiger partial charge on any atom is 0.262 e. The van der Waals surface area contributed by atoms with E-state index in [1.807, 2.05) is 60.7 Å². The van der Waals surface area contributed by atoms with Crippen LogP contribution in [-0.2, 0) is 10.2 Å². The minimum Gasteiger partial charge on any atom is -0.497 e. The Labute approximate surface area is 210 Å². The van der Waals surface area contributed by atoms with E-state index in [0.29, 0.717) is 11.4 Å². The summed E-state index contributed by atoms with van der Waals surface area (Å²) in [6.45, 7) is 8.30. The largest absolute Gasteiger partial charge is 0.497 e. The molecule has 1 N–H and O–H groups in total. The van der Waals surface area contributed by atoms with E-state index >= 15 is 0 Å². The van der Waals surface area contributed by atoms with E-state index in [1.54, 1.807) is 18.4 Å². The lowest BCUT2D eigenvalue weighted by molar-refractivity contribution is -0.118. The summed E-state index contributed by atoms with van der Waals surface area (Å²) in [6, 6.07) is 23.6. The summed E-state index contributed by atoms with van der Waals surface area (Å²) in [7, 11) is 1.64. The molecule has 3 aromatic carbocycles. The van der Waals surface area contributed by atoms with E-state index in [-0.39, 0.29) is 17.9 Å². The van der Waals surface area contributed by atoms with Crippen molar-refractivity contribution in [2.24, 2.45) is 0 Å². The first-order valence-electron chi connectivity index (χ1n) is 11.5. The molecule has 4 rings (SSSR count). The Balaban J connectivity index is 1.41. The average molecular weight is 487 g/mol. The normalized spacial score (nSPS) is 11.2. The molecule has 0 radical (unpaired) electrons. The number of methoxy groups -OCH3 is 1. The first-order valence-corrected chi connectivity index (χ1v) is 12.3. The van der Waals surface area contributed by atoms with Crippen LogP contribution in [0.2, 0.25) is 0 Å². The fourth-order valence-electron chi connectivity index (χ4n) is 3.77. The molecule has 0 unspecified atom stereocenters. The zero-order valence-electron chi connectivity index (χ0n) is 20.7. The van der Waals surface area contributed by atoms with Gasteiger partial charge in [-0.3, -0.25) is 4.79 Å². The Morgan fingerprint density at radius 1 is 0.971 bits per heavy atom. The van der Waals surface area contributed by atoms with Gasteiger partial charge >= 0.3 is 0 Å². The molecule has 0 saturated carbocycles. The number of ether oxygens (including phenoxy) is 2. The zero-order chi connectivity index (χ0) is 25.0. The molecule has 6 heteroatoms. The molecule has 1 aromatic heterocycles. The lowest BCUT2D eigenvalue weighted by Gasteiger charge is -2.23. The maximum absolute atomic E-state index is 12.6. The molecule has 35 heavy (non-hydrogen) atoms. The maximum atomic E-state index is 12.6. The number of thiazole rings is 1. The third-order valence-electron chi connectivity index (χ3n) is 5.61. The van der Waals surface area contributed by atoms with Crippen LogP contribution in [0.5, 0.6) is 11.5 Å². The van der Waals surface area contributed by atoms with E-state index in [2.05, 4.69) is 45.1 Å². The summed E-state index contributed by atoms with van der Waals surface area (Å²) in [5.74, 6) is 1.22. The van der Waals surface area contributed by atoms with Gasteiger partial charge in [0.25, 0.3) is 5.91 Å². The lowest BCUT2D eigenvalue weighted by atomic mass is 9.86. The van der Waals surface area contributed by atoms with Crippen LogP contribution in [0.3, 0.4) is 0 Å². The van der Waals surface area contributed by atoms with Gasteiger partial charge in [-0.05, 0) is 42.7 Å². The second kappa shape index (κ2) is 10.3. The van der Waals surface area contributed by atoms with Gasteiger partial charge in [0.2, 0.25) is 0 Å². The Morgan fingerprint density at radius 2 is 1.69 bits per heavy atom. The van der Waals surface area contributed by atoms with Crippen molar-refractivity contribution in [1.29, 1.82) is 0 Å². The van der Waals surface area contributed by atoms with Crippen LogP contribution >= 0.6 is 11.3 Å². The van der Waals surface area contributed by atoms with Crippen LogP contribution in [0.1, 0.15) is 31.2 Å². The molecule has 0 fully saturated rings. The molecule has 0 aliphatic heterocycles. The average Bonchev–Trinajstić information content (AvgIpc) is 3.24. The molecule has 0 aliphatic rings. The predicted octanol–water partition coefficient (Wildman–Crippen LogP) is 7.11. The summed E-state index contributed by atoms with van der Waals surface area (Å²) in [6.07, 6.45) is 0. The highest BCUT2D eigenvalue weighted by Gasteiger charge is 2.20. The van der Waals surface area contributed by atoms with Gasteiger partial charge in [-0.1, -0.05) is 63.2 Å². The summed E-state index contributed by atoms with van der Waals surface area (Å²) < 4.78 is 11.2. The van der Waals surface area contributed by atoms with Crippen LogP contribution < -0.4 is 14.8 Å². The van der Waals surface area contributed by atoms with Crippen molar-refractivity contribution in [1.82, 2.24) is 4.98 Å². The van der Waals surface area contributed by atoms with Crippen molar-refractivity contribution in [2.45, 2.75) is 33.1 Å². The standard InChI is InChI=1S/C29H30N2O3S/c1-19-27(31-28(35-19)21-9-7-6-8-10-21)20-11-13-22(14-12-20)30-26(32)18-34-25-16-15-23(33-5)17-24(25)29(2,3)4/h6-17H,18H2,1-5H3,(H,30,32). The number of amides is 1. The van der Waals surface area contributed by atoms with Crippen molar-refractivity contribution in [3.8, 4) is 33.3 Å². The van der Waals surface area contributed by atoms with Gasteiger partial charge in [-0.2, -0.15) is 0 Å². The molecule has 0 saturated heterocycles. The van der Waals surface area contributed by atoms with E-state index in [9.17, 15) is 4.79 Å². The zero-order valence-corrected chi connectivity index (χ0v) is 21.5. The fourth-order valence-corrected chi connectivity index (χ4v) is 4.71. The molecule has 1 amide bonds. The highest BCUT2D eigenvalue weighted by atomic mass is 32.1. The van der Waals surface area contributed by atoms with Crippen molar-refractivity contribution in [3.63, 3.8) is 0 Å². The monoisotopic (exact) mass is 486 g/mol. The van der Waals surface area contributed by atoms with Crippen LogP contribution in [0.25, 0.3) is 21.8 Å². The van der Waals surface area contributed by atoms with Crippen molar-refractivity contribution in [2.75, 3.05) is 19.0 Å². The quantitative estimate of drug-likeness (QED) is 0.302. The molecule has 0 atom stereocenters. The fraction of sp³-hybridized carbons (Fsp3) is 0.241. The minimum absolute atomic E-state index is 0.0806. The van der Waals surface area contributed by atoms with E-state index in [0.717, 1.165) is 38.0 Å². The highest BCUT2D eigenvalue weighted by molar-refractivity contribution is 7.15. The molecule has 4 aromatic rings. The van der Waals surface area contributed by atoms with Gasteiger partial charge in [0.15, 0.2) is 6.61 Å². The Bertz CT molecular complexity index is 1310. The van der Waals surface area contributed by atoms with Gasteiger partial charge in [0.1, 0.15) is 16.5 Å². The Kier molecular flexibility index (Phi) is 7.22. The summed E-state index contributed by atoms with van der Waals surface area (Å²) in [5.41, 5.74) is 4.64. The number of benzene rings is 3. The van der Waals surface area contributed by atoms with Crippen LogP contribution in [0.15, 0.2) is 72.8 Å². The Hall–Kier alpha value is -3.64. The predicted molar refractivity (Wildman–Crippen MR) is 144 cm³/mol. The number of hydrogen-bond acceptors (Lipinski definition) is 5. The van der Waals surface area contributed by atoms with Gasteiger partial charge in [0.05, 0.1) is 12.8 Å². The Morgan fingerprint density at radius 3 is 2.34 bits per heavy atom. The van der Waals surface area contributed by atoms with Gasteiger partial charge in [0, 0.05) is 27.3 Å². The van der Waals surface area contributed by atoms with Crippen LogP contribution in [0.4, 0.5) is 5.69 Å². The minimum atomic E-state index is -0.218. The number of nitrogens with one attached hydrogen (secondary N) is 1. The third kappa shape index (κ3) is 5.89. The van der Waals surface area contributed by atoms with Crippen molar-refractivity contribution >= 4 is 22.9 Å². The molecule has 0 aliphatic carbocycles. The van der Waals surface area contributed by atoms with Gasteiger partial charge in [-0.15, -0.1) is 11.3 Å². The molecular weight excluding hydrogens is 456 g/mol. The van der Waals surface area contributed by atoms with Crippen molar-refractivity contribution in [3.05, 3.63) is 83.2 Å². The number of nitrogens with zero attached hydrogens (tertiary/aromatic N) is 1. The lowest BCUT2D eigenvalue weighted by Crippen LogP contribution is -2.22. The topological polar surface area (TPSA) is 60.5 Å². The molecule has 1 heterocycles. The number of carbonyl (C=O) groups is 1. The van der Waals surface area contributed by atoms with E-state index in [4.69, 9.17) is 14.5 Å². The van der Waals surface area contributed by atoms with Crippen LogP contribution in [0, 0.1) is 6.92 Å². The van der Waals surface area contributed by atoms with Crippen molar-refractivity contribution < 1.29 is 14.3 Å². The molecule has 0 spiro atoms. The number of hydrogen-bond donors (Lipinski definition) is 1. The molecule has 180 valence electrons. The number of aryl methyl sites for hydroxylation is 1. The van der Waals surface area contributed by atoms with E-state index in [1.165, 1.54) is 0 Å². The first kappa shape index (κ1) is 24.5. The van der Waals surface area contributed by atoms with Crippen LogP contribution in [-0.4, -0.2) is 24.6 Å². The first-order chi connectivity index (χ1) is 16.7. The molecular formula is C29H30N2O3S. The summed E-state index contributed by atoms with van der Waals surface area (Å²) in [5, 5.41) is 3.91. The number of rotatable bonds is 7. The second-order valence-electron chi connectivity index (χ2n) is 9.32. The number of aromatic nitrogens is 1. The third-order valence-corrected chi connectivity index (χ3v) is 6.63. The van der Waals surface area contributed by atoms with Gasteiger partial charge < -0.3 is 14.8 Å². The summed E-state index contributed by atoms with van der Waals surface area (Å²) in [4.78, 5) is 18.6. The highest BCUT2D eigenvalue weighted by Crippen LogP contribution is 2.35. The van der Waals surface area contributed by atoms with E-state index < -0.39 is 0 Å². The molecule has 0 bridgehead atoms. The van der Waals surface area contributed by atoms with Gasteiger partial charge in [-0.25, -0.2) is 4.98 Å².